The van der Waals surface area contributed by atoms with Crippen LogP contribution in [-0.2, 0) is 15.1 Å². The molecular weight excluding hydrogens is 372 g/mol. The molecule has 0 spiro atoms. The van der Waals surface area contributed by atoms with Crippen molar-refractivity contribution >= 4 is 34.6 Å². The molecule has 3 N–H and O–H groups in total. The molecule has 0 unspecified atom stereocenters. The topological polar surface area (TPSA) is 108 Å². The molecule has 3 rings (SSSR count). The standard InChI is InChI=1S/C21H24N4O4/c1-13(2)11-22-19(28)23-17(26)12-25-18(27)21(3,24-20(25)29)16-10-6-8-14-7-4-5-9-15(14)16/h4-10,13H,11-12H2,1-3H3,(H,24,29)(H2,22,23,26,28)/t21-/m0/s1. The van der Waals surface area contributed by atoms with Crippen LogP contribution in [0, 0.1) is 5.92 Å². The van der Waals surface area contributed by atoms with Crippen LogP contribution in [0.4, 0.5) is 9.59 Å². The van der Waals surface area contributed by atoms with Gasteiger partial charge in [0.25, 0.3) is 5.91 Å². The summed E-state index contributed by atoms with van der Waals surface area (Å²) in [6.45, 7) is 5.32. The lowest BCUT2D eigenvalue weighted by atomic mass is 9.88. The molecule has 0 aromatic heterocycles. The number of hydrogen-bond acceptors (Lipinski definition) is 4. The van der Waals surface area contributed by atoms with Gasteiger partial charge in [0.1, 0.15) is 12.1 Å². The van der Waals surface area contributed by atoms with Crippen LogP contribution in [0.3, 0.4) is 0 Å². The van der Waals surface area contributed by atoms with E-state index in [1.807, 2.05) is 50.2 Å². The Morgan fingerprint density at radius 3 is 2.52 bits per heavy atom. The van der Waals surface area contributed by atoms with Crippen molar-refractivity contribution in [1.82, 2.24) is 20.9 Å². The van der Waals surface area contributed by atoms with Crippen molar-refractivity contribution in [3.05, 3.63) is 48.0 Å². The predicted octanol–water partition coefficient (Wildman–Crippen LogP) is 2.09. The number of carbonyl (C=O) groups is 4. The molecule has 8 nitrogen and oxygen atoms in total. The second-order valence-electron chi connectivity index (χ2n) is 7.63. The van der Waals surface area contributed by atoms with Crippen LogP contribution in [-0.4, -0.2) is 41.9 Å². The molecule has 1 aliphatic heterocycles. The Kier molecular flexibility index (Phi) is 5.54. The second-order valence-corrected chi connectivity index (χ2v) is 7.63. The summed E-state index contributed by atoms with van der Waals surface area (Å²) in [6.07, 6.45) is 0. The summed E-state index contributed by atoms with van der Waals surface area (Å²) >= 11 is 0. The number of nitrogens with zero attached hydrogens (tertiary/aromatic N) is 1. The molecule has 1 heterocycles. The summed E-state index contributed by atoms with van der Waals surface area (Å²) in [4.78, 5) is 50.3. The highest BCUT2D eigenvalue weighted by Gasteiger charge is 2.50. The zero-order chi connectivity index (χ0) is 21.2. The Morgan fingerprint density at radius 1 is 1.10 bits per heavy atom. The van der Waals surface area contributed by atoms with Crippen LogP contribution in [0.25, 0.3) is 10.8 Å². The van der Waals surface area contributed by atoms with E-state index in [4.69, 9.17) is 0 Å². The highest BCUT2D eigenvalue weighted by molar-refractivity contribution is 6.11. The van der Waals surface area contributed by atoms with Gasteiger partial charge in [-0.2, -0.15) is 0 Å². The molecule has 0 aliphatic carbocycles. The van der Waals surface area contributed by atoms with Crippen molar-refractivity contribution < 1.29 is 19.2 Å². The first kappa shape index (κ1) is 20.3. The summed E-state index contributed by atoms with van der Waals surface area (Å²) < 4.78 is 0. The summed E-state index contributed by atoms with van der Waals surface area (Å²) in [5.74, 6) is -1.06. The van der Waals surface area contributed by atoms with E-state index in [-0.39, 0.29) is 5.92 Å². The number of carbonyl (C=O) groups excluding carboxylic acids is 4. The number of hydrogen-bond donors (Lipinski definition) is 3. The van der Waals surface area contributed by atoms with Crippen molar-refractivity contribution in [1.29, 1.82) is 0 Å². The van der Waals surface area contributed by atoms with Gasteiger partial charge in [-0.05, 0) is 29.2 Å². The maximum atomic E-state index is 13.1. The lowest BCUT2D eigenvalue weighted by Crippen LogP contribution is -2.47. The Balaban J connectivity index is 1.77. The van der Waals surface area contributed by atoms with Gasteiger partial charge in [-0.25, -0.2) is 9.59 Å². The van der Waals surface area contributed by atoms with E-state index in [0.717, 1.165) is 15.7 Å². The number of nitrogens with one attached hydrogen (secondary N) is 3. The van der Waals surface area contributed by atoms with Crippen LogP contribution >= 0.6 is 0 Å². The molecule has 8 heteroatoms. The highest BCUT2D eigenvalue weighted by atomic mass is 16.2. The number of urea groups is 2. The van der Waals surface area contributed by atoms with E-state index < -0.39 is 36.0 Å². The zero-order valence-electron chi connectivity index (χ0n) is 16.6. The van der Waals surface area contributed by atoms with Gasteiger partial charge in [0, 0.05) is 6.54 Å². The molecule has 6 amide bonds. The van der Waals surface area contributed by atoms with E-state index >= 15 is 0 Å². The smallest absolute Gasteiger partial charge is 0.325 e. The summed E-state index contributed by atoms with van der Waals surface area (Å²) in [7, 11) is 0. The van der Waals surface area contributed by atoms with E-state index in [0.29, 0.717) is 12.1 Å². The quantitative estimate of drug-likeness (QED) is 0.673. The molecular formula is C21H24N4O4. The summed E-state index contributed by atoms with van der Waals surface area (Å²) in [5.41, 5.74) is -0.662. The van der Waals surface area contributed by atoms with Crippen molar-refractivity contribution in [3.8, 4) is 0 Å². The maximum absolute atomic E-state index is 13.1. The van der Waals surface area contributed by atoms with Crippen LogP contribution in [0.2, 0.25) is 0 Å². The Labute approximate surface area is 168 Å². The fourth-order valence-corrected chi connectivity index (χ4v) is 3.34. The number of imide groups is 2. The molecule has 0 bridgehead atoms. The third kappa shape index (κ3) is 4.06. The first-order valence-corrected chi connectivity index (χ1v) is 9.42. The van der Waals surface area contributed by atoms with Crippen LogP contribution < -0.4 is 16.0 Å². The van der Waals surface area contributed by atoms with Gasteiger partial charge in [0.2, 0.25) is 5.91 Å². The molecule has 0 radical (unpaired) electrons. The average Bonchev–Trinajstić information content (AvgIpc) is 2.89. The van der Waals surface area contributed by atoms with E-state index in [9.17, 15) is 19.2 Å². The summed E-state index contributed by atoms with van der Waals surface area (Å²) in [5, 5.41) is 9.15. The van der Waals surface area contributed by atoms with Crippen LogP contribution in [0.15, 0.2) is 42.5 Å². The summed E-state index contributed by atoms with van der Waals surface area (Å²) in [6, 6.07) is 11.7. The average molecular weight is 396 g/mol. The second kappa shape index (κ2) is 7.90. The molecule has 2 aromatic rings. The predicted molar refractivity (Wildman–Crippen MR) is 108 cm³/mol. The molecule has 0 saturated carbocycles. The van der Waals surface area contributed by atoms with Gasteiger partial charge >= 0.3 is 12.1 Å². The van der Waals surface area contributed by atoms with Gasteiger partial charge in [-0.3, -0.25) is 19.8 Å². The van der Waals surface area contributed by atoms with Gasteiger partial charge < -0.3 is 10.6 Å². The van der Waals surface area contributed by atoms with Crippen molar-refractivity contribution in [2.75, 3.05) is 13.1 Å². The van der Waals surface area contributed by atoms with Gasteiger partial charge in [-0.1, -0.05) is 56.3 Å². The Bertz CT molecular complexity index is 982. The largest absolute Gasteiger partial charge is 0.338 e. The molecule has 1 atom stereocenters. The Hall–Kier alpha value is -3.42. The van der Waals surface area contributed by atoms with Crippen LogP contribution in [0.5, 0.6) is 0 Å². The van der Waals surface area contributed by atoms with Crippen molar-refractivity contribution in [2.45, 2.75) is 26.3 Å². The molecule has 2 aromatic carbocycles. The third-order valence-corrected chi connectivity index (χ3v) is 4.83. The number of amides is 6. The number of fused-ring (bicyclic) bond motifs is 1. The molecule has 29 heavy (non-hydrogen) atoms. The molecule has 1 aliphatic rings. The van der Waals surface area contributed by atoms with Crippen molar-refractivity contribution in [3.63, 3.8) is 0 Å². The fraction of sp³-hybridized carbons (Fsp3) is 0.333. The highest BCUT2D eigenvalue weighted by Crippen LogP contribution is 2.33. The number of benzene rings is 2. The fourth-order valence-electron chi connectivity index (χ4n) is 3.34. The van der Waals surface area contributed by atoms with Crippen molar-refractivity contribution in [2.24, 2.45) is 5.92 Å². The monoisotopic (exact) mass is 396 g/mol. The Morgan fingerprint density at radius 2 is 1.79 bits per heavy atom. The van der Waals surface area contributed by atoms with Gasteiger partial charge in [0.05, 0.1) is 0 Å². The van der Waals surface area contributed by atoms with E-state index in [1.165, 1.54) is 0 Å². The molecule has 1 saturated heterocycles. The minimum absolute atomic E-state index is 0.225. The third-order valence-electron chi connectivity index (χ3n) is 4.83. The normalized spacial score (nSPS) is 18.8. The molecule has 1 fully saturated rings. The maximum Gasteiger partial charge on any atom is 0.325 e. The minimum Gasteiger partial charge on any atom is -0.338 e. The first-order chi connectivity index (χ1) is 13.7. The molecule has 152 valence electrons. The minimum atomic E-state index is -1.31. The lowest BCUT2D eigenvalue weighted by Gasteiger charge is -2.24. The van der Waals surface area contributed by atoms with E-state index in [1.54, 1.807) is 13.0 Å². The van der Waals surface area contributed by atoms with Crippen LogP contribution in [0.1, 0.15) is 26.3 Å². The zero-order valence-corrected chi connectivity index (χ0v) is 16.6. The first-order valence-electron chi connectivity index (χ1n) is 9.42. The SMILES string of the molecule is CC(C)CNC(=O)NC(=O)CN1C(=O)N[C@@](C)(c2cccc3ccccc23)C1=O. The van der Waals surface area contributed by atoms with Gasteiger partial charge in [-0.15, -0.1) is 0 Å². The van der Waals surface area contributed by atoms with E-state index in [2.05, 4.69) is 16.0 Å². The lowest BCUT2D eigenvalue weighted by molar-refractivity contribution is -0.134. The number of rotatable bonds is 5. The van der Waals surface area contributed by atoms with Gasteiger partial charge in [0.15, 0.2) is 0 Å².